The number of anilines is 1. The van der Waals surface area contributed by atoms with Crippen molar-refractivity contribution in [2.24, 2.45) is 0 Å². The van der Waals surface area contributed by atoms with Crippen molar-refractivity contribution in [2.45, 2.75) is 39.7 Å². The van der Waals surface area contributed by atoms with Crippen LogP contribution < -0.4 is 10.9 Å². The van der Waals surface area contributed by atoms with Gasteiger partial charge in [-0.05, 0) is 61.9 Å². The number of nitrogens with zero attached hydrogens (tertiary/aromatic N) is 2. The van der Waals surface area contributed by atoms with Crippen molar-refractivity contribution in [1.29, 1.82) is 0 Å². The molecule has 4 rings (SSSR count). The van der Waals surface area contributed by atoms with Gasteiger partial charge < -0.3 is 5.32 Å². The highest BCUT2D eigenvalue weighted by atomic mass is 32.1. The van der Waals surface area contributed by atoms with Gasteiger partial charge in [0.15, 0.2) is 0 Å². The van der Waals surface area contributed by atoms with Gasteiger partial charge in [0.05, 0.1) is 11.7 Å². The smallest absolute Gasteiger partial charge is 0.262 e. The first-order valence-corrected chi connectivity index (χ1v) is 9.21. The minimum atomic E-state index is -0.222. The topological polar surface area (TPSA) is 64.0 Å². The molecule has 0 spiro atoms. The molecule has 0 aliphatic heterocycles. The molecule has 0 radical (unpaired) electrons. The van der Waals surface area contributed by atoms with Crippen LogP contribution in [0, 0.1) is 13.8 Å². The summed E-state index contributed by atoms with van der Waals surface area (Å²) in [7, 11) is 0. The van der Waals surface area contributed by atoms with Crippen LogP contribution in [-0.4, -0.2) is 15.5 Å². The van der Waals surface area contributed by atoms with E-state index in [0.29, 0.717) is 5.39 Å². The van der Waals surface area contributed by atoms with E-state index in [4.69, 9.17) is 0 Å². The van der Waals surface area contributed by atoms with Crippen molar-refractivity contribution in [3.63, 3.8) is 0 Å². The third-order valence-corrected chi connectivity index (χ3v) is 5.71. The molecule has 0 saturated carbocycles. The Kier molecular flexibility index (Phi) is 3.92. The number of hydrogen-bond donors (Lipinski definition) is 1. The van der Waals surface area contributed by atoms with E-state index in [1.165, 1.54) is 15.8 Å². The van der Waals surface area contributed by atoms with E-state index in [0.717, 1.165) is 46.5 Å². The van der Waals surface area contributed by atoms with Crippen LogP contribution in [0.5, 0.6) is 0 Å². The average molecular weight is 353 g/mol. The van der Waals surface area contributed by atoms with Crippen molar-refractivity contribution in [3.8, 4) is 0 Å². The monoisotopic (exact) mass is 353 g/mol. The highest BCUT2D eigenvalue weighted by Crippen LogP contribution is 2.34. The molecule has 1 amide bonds. The van der Waals surface area contributed by atoms with E-state index in [-0.39, 0.29) is 18.0 Å². The summed E-state index contributed by atoms with van der Waals surface area (Å²) < 4.78 is 1.41. The maximum Gasteiger partial charge on any atom is 0.262 e. The van der Waals surface area contributed by atoms with Gasteiger partial charge in [0.2, 0.25) is 5.91 Å². The lowest BCUT2D eigenvalue weighted by molar-refractivity contribution is -0.116. The quantitative estimate of drug-likeness (QED) is 0.786. The van der Waals surface area contributed by atoms with E-state index in [9.17, 15) is 9.59 Å². The van der Waals surface area contributed by atoms with Crippen molar-refractivity contribution < 1.29 is 4.79 Å². The van der Waals surface area contributed by atoms with Gasteiger partial charge >= 0.3 is 0 Å². The van der Waals surface area contributed by atoms with Crippen LogP contribution in [0.2, 0.25) is 0 Å². The maximum atomic E-state index is 12.8. The van der Waals surface area contributed by atoms with E-state index in [1.54, 1.807) is 11.3 Å². The second-order valence-corrected chi connectivity index (χ2v) is 7.72. The molecule has 0 bridgehead atoms. The number of fused-ring (bicyclic) bond motifs is 3. The Morgan fingerprint density at radius 2 is 2.00 bits per heavy atom. The van der Waals surface area contributed by atoms with E-state index in [1.807, 2.05) is 26.0 Å². The largest absolute Gasteiger partial charge is 0.325 e. The number of amides is 1. The minimum absolute atomic E-state index is 0.0284. The fraction of sp³-hybridized carbons (Fsp3) is 0.316. The molecule has 0 saturated heterocycles. The summed E-state index contributed by atoms with van der Waals surface area (Å²) in [6, 6.07) is 5.89. The molecule has 2 aromatic heterocycles. The Balaban J connectivity index is 1.61. The lowest BCUT2D eigenvalue weighted by Gasteiger charge is -2.09. The lowest BCUT2D eigenvalue weighted by Crippen LogP contribution is -2.28. The molecule has 6 heteroatoms. The molecule has 1 aromatic carbocycles. The summed E-state index contributed by atoms with van der Waals surface area (Å²) in [4.78, 5) is 31.6. The first-order valence-electron chi connectivity index (χ1n) is 8.39. The second-order valence-electron chi connectivity index (χ2n) is 6.64. The van der Waals surface area contributed by atoms with Crippen LogP contribution in [0.3, 0.4) is 0 Å². The van der Waals surface area contributed by atoms with Gasteiger partial charge in [0.25, 0.3) is 5.56 Å². The second kappa shape index (κ2) is 6.11. The van der Waals surface area contributed by atoms with E-state index >= 15 is 0 Å². The molecule has 1 aliphatic carbocycles. The van der Waals surface area contributed by atoms with Crippen molar-refractivity contribution in [3.05, 3.63) is 56.4 Å². The maximum absolute atomic E-state index is 12.8. The standard InChI is InChI=1S/C19H19N3O2S/c1-11-6-12(2)8-13(7-11)21-16(23)9-22-10-20-18-17(19(22)24)14-4-3-5-15(14)25-18/h6-8,10H,3-5,9H2,1-2H3,(H,21,23). The fourth-order valence-electron chi connectivity index (χ4n) is 3.53. The van der Waals surface area contributed by atoms with Gasteiger partial charge in [0.1, 0.15) is 11.4 Å². The Morgan fingerprint density at radius 1 is 1.24 bits per heavy atom. The molecule has 25 heavy (non-hydrogen) atoms. The Hall–Kier alpha value is -2.47. The van der Waals surface area contributed by atoms with Crippen LogP contribution in [0.25, 0.3) is 10.2 Å². The Bertz CT molecular complexity index is 1030. The highest BCUT2D eigenvalue weighted by Gasteiger charge is 2.21. The predicted molar refractivity (Wildman–Crippen MR) is 100 cm³/mol. The summed E-state index contributed by atoms with van der Waals surface area (Å²) in [6.45, 7) is 3.95. The molecule has 128 valence electrons. The van der Waals surface area contributed by atoms with Crippen LogP contribution in [0.4, 0.5) is 5.69 Å². The number of hydrogen-bond acceptors (Lipinski definition) is 4. The van der Waals surface area contributed by atoms with Gasteiger partial charge in [-0.2, -0.15) is 0 Å². The zero-order chi connectivity index (χ0) is 17.6. The van der Waals surface area contributed by atoms with E-state index in [2.05, 4.69) is 16.4 Å². The number of nitrogens with one attached hydrogen (secondary N) is 1. The fourth-order valence-corrected chi connectivity index (χ4v) is 4.75. The lowest BCUT2D eigenvalue weighted by atomic mass is 10.1. The summed E-state index contributed by atoms with van der Waals surface area (Å²) in [5.74, 6) is -0.222. The molecular weight excluding hydrogens is 334 g/mol. The molecule has 1 N–H and O–H groups in total. The Morgan fingerprint density at radius 3 is 2.76 bits per heavy atom. The zero-order valence-electron chi connectivity index (χ0n) is 14.3. The summed E-state index contributed by atoms with van der Waals surface area (Å²) in [6.07, 6.45) is 4.55. The number of aryl methyl sites for hydroxylation is 4. The molecular formula is C19H19N3O2S. The van der Waals surface area contributed by atoms with Crippen LogP contribution in [0.15, 0.2) is 29.3 Å². The van der Waals surface area contributed by atoms with Gasteiger partial charge in [-0.15, -0.1) is 11.3 Å². The van der Waals surface area contributed by atoms with Gasteiger partial charge in [0, 0.05) is 10.6 Å². The molecule has 3 aromatic rings. The molecule has 0 atom stereocenters. The van der Waals surface area contributed by atoms with Crippen LogP contribution in [-0.2, 0) is 24.2 Å². The van der Waals surface area contributed by atoms with Gasteiger partial charge in [-0.1, -0.05) is 6.07 Å². The first kappa shape index (κ1) is 16.0. The molecule has 2 heterocycles. The molecule has 0 fully saturated rings. The van der Waals surface area contributed by atoms with Crippen LogP contribution >= 0.6 is 11.3 Å². The third kappa shape index (κ3) is 2.98. The number of carbonyl (C=O) groups excluding carboxylic acids is 1. The SMILES string of the molecule is Cc1cc(C)cc(NC(=O)Cn2cnc3sc4c(c3c2=O)CCC4)c1. The number of aromatic nitrogens is 2. The number of thiophene rings is 1. The molecule has 1 aliphatic rings. The summed E-state index contributed by atoms with van der Waals surface area (Å²) >= 11 is 1.61. The number of rotatable bonds is 3. The highest BCUT2D eigenvalue weighted by molar-refractivity contribution is 7.18. The van der Waals surface area contributed by atoms with Crippen molar-refractivity contribution in [2.75, 3.05) is 5.32 Å². The normalized spacial score (nSPS) is 13.2. The first-order chi connectivity index (χ1) is 12.0. The minimum Gasteiger partial charge on any atom is -0.325 e. The molecule has 5 nitrogen and oxygen atoms in total. The summed E-state index contributed by atoms with van der Waals surface area (Å²) in [5.41, 5.74) is 3.95. The van der Waals surface area contributed by atoms with E-state index < -0.39 is 0 Å². The van der Waals surface area contributed by atoms with Crippen molar-refractivity contribution in [1.82, 2.24) is 9.55 Å². The zero-order valence-corrected chi connectivity index (χ0v) is 15.1. The van der Waals surface area contributed by atoms with Gasteiger partial charge in [-0.25, -0.2) is 4.98 Å². The Labute approximate surface area is 149 Å². The molecule has 0 unspecified atom stereocenters. The third-order valence-electron chi connectivity index (χ3n) is 4.51. The number of carbonyl (C=O) groups is 1. The summed E-state index contributed by atoms with van der Waals surface area (Å²) in [5, 5.41) is 3.58. The van der Waals surface area contributed by atoms with Gasteiger partial charge in [-0.3, -0.25) is 14.2 Å². The number of benzene rings is 1. The predicted octanol–water partition coefficient (Wildman–Crippen LogP) is 3.20. The van der Waals surface area contributed by atoms with Crippen LogP contribution in [0.1, 0.15) is 28.0 Å². The van der Waals surface area contributed by atoms with Crippen molar-refractivity contribution >= 4 is 33.1 Å². The average Bonchev–Trinajstić information content (AvgIpc) is 3.09.